The SMILES string of the molecule is NCc1cccc(-c2cccc([C@H]3O[C@@H](CN4CCC(O)(c5ccc(Cl)cc5)CC4)C[C@@H](c4ccc(CO)cc4)O3)c2)c1. The van der Waals surface area contributed by atoms with E-state index in [4.69, 9.17) is 26.8 Å². The summed E-state index contributed by atoms with van der Waals surface area (Å²) in [6.07, 6.45) is 1.26. The van der Waals surface area contributed by atoms with Gasteiger partial charge in [0.25, 0.3) is 0 Å². The minimum atomic E-state index is -0.848. The van der Waals surface area contributed by atoms with E-state index in [1.54, 1.807) is 0 Å². The van der Waals surface area contributed by atoms with Crippen molar-refractivity contribution in [2.75, 3.05) is 19.6 Å². The van der Waals surface area contributed by atoms with Gasteiger partial charge in [-0.2, -0.15) is 0 Å². The van der Waals surface area contributed by atoms with E-state index in [9.17, 15) is 10.2 Å². The summed E-state index contributed by atoms with van der Waals surface area (Å²) in [5.74, 6) is 0. The fourth-order valence-corrected chi connectivity index (χ4v) is 6.34. The molecule has 0 aliphatic carbocycles. The second-order valence-electron chi connectivity index (χ2n) is 11.7. The number of aliphatic hydroxyl groups excluding tert-OH is 1. The number of piperidine rings is 1. The first kappa shape index (κ1) is 30.0. The third-order valence-electron chi connectivity index (χ3n) is 8.80. The summed E-state index contributed by atoms with van der Waals surface area (Å²) in [7, 11) is 0. The molecule has 2 aliphatic heterocycles. The van der Waals surface area contributed by atoms with Crippen molar-refractivity contribution in [3.05, 3.63) is 130 Å². The number of halogens is 1. The molecular formula is C36H39ClN2O4. The van der Waals surface area contributed by atoms with E-state index < -0.39 is 11.9 Å². The van der Waals surface area contributed by atoms with Crippen molar-refractivity contribution >= 4 is 11.6 Å². The Labute approximate surface area is 258 Å². The molecule has 2 fully saturated rings. The van der Waals surface area contributed by atoms with E-state index in [0.29, 0.717) is 30.8 Å². The predicted octanol–water partition coefficient (Wildman–Crippen LogP) is 6.49. The van der Waals surface area contributed by atoms with Crippen molar-refractivity contribution in [1.29, 1.82) is 0 Å². The van der Waals surface area contributed by atoms with Gasteiger partial charge >= 0.3 is 0 Å². The molecule has 7 heteroatoms. The molecule has 6 nitrogen and oxygen atoms in total. The normalized spacial score (nSPS) is 22.4. The number of ether oxygens (including phenoxy) is 2. The van der Waals surface area contributed by atoms with Crippen LogP contribution in [0.1, 0.15) is 59.5 Å². The lowest BCUT2D eigenvalue weighted by atomic mass is 9.84. The molecule has 2 saturated heterocycles. The van der Waals surface area contributed by atoms with Gasteiger partial charge in [0, 0.05) is 43.2 Å². The Kier molecular flexibility index (Phi) is 9.26. The molecule has 3 atom stereocenters. The lowest BCUT2D eigenvalue weighted by molar-refractivity contribution is -0.253. The number of hydrogen-bond acceptors (Lipinski definition) is 6. The standard InChI is InChI=1S/C36H39ClN2O4/c37-32-13-11-31(12-14-32)36(41)15-17-39(18-16-36)23-33-21-34(27-9-7-25(24-40)8-10-27)43-35(42-33)30-6-2-5-29(20-30)28-4-1-3-26(19-28)22-38/h1-14,19-20,33-35,40-41H,15-18,21-24,38H2/t33-,34+,35+/m1/s1. The van der Waals surface area contributed by atoms with Crippen LogP contribution in [0.4, 0.5) is 0 Å². The smallest absolute Gasteiger partial charge is 0.184 e. The highest BCUT2D eigenvalue weighted by Gasteiger charge is 2.37. The fraction of sp³-hybridized carbons (Fsp3) is 0.333. The zero-order valence-electron chi connectivity index (χ0n) is 24.2. The maximum absolute atomic E-state index is 11.4. The minimum Gasteiger partial charge on any atom is -0.392 e. The van der Waals surface area contributed by atoms with Crippen LogP contribution in [0.15, 0.2) is 97.1 Å². The van der Waals surface area contributed by atoms with Crippen LogP contribution >= 0.6 is 11.6 Å². The van der Waals surface area contributed by atoms with Crippen LogP contribution in [0, 0.1) is 0 Å². The average Bonchev–Trinajstić information content (AvgIpc) is 3.06. The van der Waals surface area contributed by atoms with Gasteiger partial charge in [0.2, 0.25) is 0 Å². The fourth-order valence-electron chi connectivity index (χ4n) is 6.22. The zero-order chi connectivity index (χ0) is 29.8. The second kappa shape index (κ2) is 13.3. The maximum Gasteiger partial charge on any atom is 0.184 e. The number of likely N-dealkylation sites (tertiary alicyclic amines) is 1. The van der Waals surface area contributed by atoms with Gasteiger partial charge in [0.1, 0.15) is 0 Å². The predicted molar refractivity (Wildman–Crippen MR) is 169 cm³/mol. The van der Waals surface area contributed by atoms with Gasteiger partial charge in [-0.1, -0.05) is 84.4 Å². The highest BCUT2D eigenvalue weighted by Crippen LogP contribution is 2.40. The zero-order valence-corrected chi connectivity index (χ0v) is 25.0. The molecule has 4 N–H and O–H groups in total. The number of aliphatic hydroxyl groups is 2. The van der Waals surface area contributed by atoms with Gasteiger partial charge in [-0.25, -0.2) is 0 Å². The summed E-state index contributed by atoms with van der Waals surface area (Å²) >= 11 is 6.08. The van der Waals surface area contributed by atoms with Crippen molar-refractivity contribution in [2.24, 2.45) is 5.73 Å². The average molecular weight is 599 g/mol. The van der Waals surface area contributed by atoms with Crippen LogP contribution in [-0.2, 0) is 28.2 Å². The van der Waals surface area contributed by atoms with E-state index in [1.165, 1.54) is 0 Å². The molecule has 2 aliphatic rings. The molecule has 0 spiro atoms. The van der Waals surface area contributed by atoms with Gasteiger partial charge < -0.3 is 30.3 Å². The quantitative estimate of drug-likeness (QED) is 0.215. The van der Waals surface area contributed by atoms with Crippen LogP contribution in [0.3, 0.4) is 0 Å². The molecular weight excluding hydrogens is 560 g/mol. The molecule has 43 heavy (non-hydrogen) atoms. The first-order chi connectivity index (χ1) is 20.9. The Morgan fingerprint density at radius 2 is 1.51 bits per heavy atom. The molecule has 224 valence electrons. The van der Waals surface area contributed by atoms with E-state index in [0.717, 1.165) is 58.6 Å². The largest absolute Gasteiger partial charge is 0.392 e. The van der Waals surface area contributed by atoms with Gasteiger partial charge in [-0.05, 0) is 70.5 Å². The number of hydrogen-bond donors (Lipinski definition) is 3. The Bertz CT molecular complexity index is 1500. The highest BCUT2D eigenvalue weighted by atomic mass is 35.5. The van der Waals surface area contributed by atoms with Crippen molar-refractivity contribution < 1.29 is 19.7 Å². The molecule has 6 rings (SSSR count). The van der Waals surface area contributed by atoms with Crippen molar-refractivity contribution in [2.45, 2.75) is 56.5 Å². The van der Waals surface area contributed by atoms with Crippen LogP contribution in [0.2, 0.25) is 5.02 Å². The summed E-state index contributed by atoms with van der Waals surface area (Å²) in [5.41, 5.74) is 12.2. The van der Waals surface area contributed by atoms with E-state index >= 15 is 0 Å². The molecule has 0 bridgehead atoms. The Balaban J connectivity index is 1.20. The summed E-state index contributed by atoms with van der Waals surface area (Å²) in [6, 6.07) is 32.1. The first-order valence-corrected chi connectivity index (χ1v) is 15.4. The van der Waals surface area contributed by atoms with Crippen molar-refractivity contribution in [1.82, 2.24) is 4.90 Å². The number of nitrogens with zero attached hydrogens (tertiary/aromatic N) is 1. The summed E-state index contributed by atoms with van der Waals surface area (Å²) in [5, 5.41) is 21.6. The summed E-state index contributed by atoms with van der Waals surface area (Å²) in [6.45, 7) is 2.80. The van der Waals surface area contributed by atoms with Crippen LogP contribution in [-0.4, -0.2) is 40.9 Å². The van der Waals surface area contributed by atoms with E-state index in [1.807, 2.05) is 66.7 Å². The van der Waals surface area contributed by atoms with Gasteiger partial charge in [0.15, 0.2) is 6.29 Å². The van der Waals surface area contributed by atoms with Crippen LogP contribution in [0.25, 0.3) is 11.1 Å². The molecule has 4 aromatic rings. The highest BCUT2D eigenvalue weighted by molar-refractivity contribution is 6.30. The third kappa shape index (κ3) is 7.03. The molecule has 0 saturated carbocycles. The van der Waals surface area contributed by atoms with Gasteiger partial charge in [-0.3, -0.25) is 0 Å². The molecule has 2 heterocycles. The monoisotopic (exact) mass is 598 g/mol. The summed E-state index contributed by atoms with van der Waals surface area (Å²) < 4.78 is 13.3. The molecule has 0 radical (unpaired) electrons. The lowest BCUT2D eigenvalue weighted by Gasteiger charge is -2.42. The summed E-state index contributed by atoms with van der Waals surface area (Å²) in [4.78, 5) is 2.39. The molecule has 0 unspecified atom stereocenters. The second-order valence-corrected chi connectivity index (χ2v) is 12.2. The Morgan fingerprint density at radius 3 is 2.21 bits per heavy atom. The van der Waals surface area contributed by atoms with Gasteiger partial charge in [0.05, 0.1) is 24.4 Å². The maximum atomic E-state index is 11.4. The molecule has 0 amide bonds. The number of rotatable bonds is 8. The topological polar surface area (TPSA) is 88.2 Å². The number of benzene rings is 4. The molecule has 4 aromatic carbocycles. The Hall–Kier alpha value is -3.07. The third-order valence-corrected chi connectivity index (χ3v) is 9.05. The van der Waals surface area contributed by atoms with E-state index in [-0.39, 0.29) is 18.8 Å². The van der Waals surface area contributed by atoms with E-state index in [2.05, 4.69) is 35.2 Å². The van der Waals surface area contributed by atoms with Crippen molar-refractivity contribution in [3.63, 3.8) is 0 Å². The lowest BCUT2D eigenvalue weighted by Crippen LogP contribution is -2.46. The first-order valence-electron chi connectivity index (χ1n) is 15.0. The molecule has 0 aromatic heterocycles. The van der Waals surface area contributed by atoms with Crippen LogP contribution < -0.4 is 5.73 Å². The minimum absolute atomic E-state index is 0.00957. The van der Waals surface area contributed by atoms with Crippen molar-refractivity contribution in [3.8, 4) is 11.1 Å². The number of nitrogens with two attached hydrogens (primary N) is 1. The van der Waals surface area contributed by atoms with Gasteiger partial charge in [-0.15, -0.1) is 0 Å². The van der Waals surface area contributed by atoms with Crippen LogP contribution in [0.5, 0.6) is 0 Å². The Morgan fingerprint density at radius 1 is 0.814 bits per heavy atom.